The summed E-state index contributed by atoms with van der Waals surface area (Å²) in [6.45, 7) is 11.3. The number of rotatable bonds is 18. The van der Waals surface area contributed by atoms with Crippen molar-refractivity contribution in [2.75, 3.05) is 26.4 Å². The van der Waals surface area contributed by atoms with Crippen LogP contribution in [0.1, 0.15) is 57.2 Å². The number of esters is 2. The first kappa shape index (κ1) is 34.8. The third-order valence-electron chi connectivity index (χ3n) is 7.41. The van der Waals surface area contributed by atoms with Crippen LogP contribution >= 0.6 is 0 Å². The summed E-state index contributed by atoms with van der Waals surface area (Å²) in [7, 11) is 0. The number of aliphatic hydroxyl groups is 2. The number of hydrogen-bond acceptors (Lipinski definition) is 10. The largest absolute Gasteiger partial charge is 0.490 e. The average molecular weight is 645 g/mol. The number of allylic oxidation sites excluding steroid dienone is 2. The van der Waals surface area contributed by atoms with Gasteiger partial charge in [-0.25, -0.2) is 9.59 Å². The Labute approximate surface area is 273 Å². The van der Waals surface area contributed by atoms with E-state index in [1.807, 2.05) is 24.3 Å². The second-order valence-corrected chi connectivity index (χ2v) is 11.3. The monoisotopic (exact) mass is 644 g/mol. The molecular formula is C37H40O10. The van der Waals surface area contributed by atoms with E-state index in [0.717, 1.165) is 22.3 Å². The Balaban J connectivity index is 1.40. The van der Waals surface area contributed by atoms with Crippen LogP contribution in [0.2, 0.25) is 0 Å². The van der Waals surface area contributed by atoms with Crippen molar-refractivity contribution in [3.8, 4) is 11.5 Å². The summed E-state index contributed by atoms with van der Waals surface area (Å²) in [6.07, 6.45) is 5.30. The van der Waals surface area contributed by atoms with Crippen LogP contribution in [0.4, 0.5) is 0 Å². The number of carbonyl (C=O) groups excluding carboxylic acids is 2. The number of aliphatic hydroxyl groups excluding tert-OH is 2. The van der Waals surface area contributed by atoms with Crippen LogP contribution in [0.5, 0.6) is 11.5 Å². The quantitative estimate of drug-likeness (QED) is 0.100. The highest BCUT2D eigenvalue weighted by Gasteiger charge is 2.26. The molecule has 4 aromatic rings. The van der Waals surface area contributed by atoms with E-state index in [1.165, 1.54) is 24.7 Å². The van der Waals surface area contributed by atoms with E-state index in [1.54, 1.807) is 24.3 Å². The fraction of sp³-hybridized carbons (Fsp3) is 0.297. The number of carbonyl (C=O) groups is 2. The number of furan rings is 2. The molecule has 0 spiro atoms. The lowest BCUT2D eigenvalue weighted by atomic mass is 9.76. The first-order valence-corrected chi connectivity index (χ1v) is 15.1. The van der Waals surface area contributed by atoms with Crippen molar-refractivity contribution in [1.82, 2.24) is 0 Å². The van der Waals surface area contributed by atoms with E-state index in [0.29, 0.717) is 24.3 Å². The number of ether oxygens (including phenoxy) is 4. The van der Waals surface area contributed by atoms with Crippen molar-refractivity contribution < 1.29 is 47.6 Å². The van der Waals surface area contributed by atoms with Crippen molar-refractivity contribution in [2.45, 2.75) is 44.3 Å². The molecule has 248 valence electrons. The summed E-state index contributed by atoms with van der Waals surface area (Å²) in [5, 5.41) is 20.7. The van der Waals surface area contributed by atoms with Gasteiger partial charge >= 0.3 is 11.9 Å². The van der Waals surface area contributed by atoms with Crippen molar-refractivity contribution in [1.29, 1.82) is 0 Å². The summed E-state index contributed by atoms with van der Waals surface area (Å²) in [6, 6.07) is 17.9. The molecule has 0 saturated heterocycles. The van der Waals surface area contributed by atoms with Crippen LogP contribution in [0.3, 0.4) is 0 Å². The first-order chi connectivity index (χ1) is 22.6. The minimum Gasteiger partial charge on any atom is -0.490 e. The van der Waals surface area contributed by atoms with Gasteiger partial charge in [0.15, 0.2) is 0 Å². The van der Waals surface area contributed by atoms with Gasteiger partial charge in [0.1, 0.15) is 50.1 Å². The van der Waals surface area contributed by atoms with Crippen molar-refractivity contribution in [2.24, 2.45) is 0 Å². The fourth-order valence-corrected chi connectivity index (χ4v) is 4.76. The van der Waals surface area contributed by atoms with Crippen LogP contribution in [0.25, 0.3) is 0 Å². The van der Waals surface area contributed by atoms with Crippen molar-refractivity contribution >= 4 is 11.9 Å². The summed E-state index contributed by atoms with van der Waals surface area (Å²) < 4.78 is 32.0. The van der Waals surface area contributed by atoms with E-state index in [9.17, 15) is 19.8 Å². The Bertz CT molecular complexity index is 1500. The highest BCUT2D eigenvalue weighted by molar-refractivity contribution is 5.86. The summed E-state index contributed by atoms with van der Waals surface area (Å²) >= 11 is 0. The Hall–Kier alpha value is -5.06. The van der Waals surface area contributed by atoms with Gasteiger partial charge in [0.05, 0.1) is 12.5 Å². The van der Waals surface area contributed by atoms with Crippen molar-refractivity contribution in [3.05, 3.63) is 132 Å². The Kier molecular flexibility index (Phi) is 12.2. The van der Waals surface area contributed by atoms with Gasteiger partial charge in [0, 0.05) is 5.41 Å². The zero-order valence-corrected chi connectivity index (χ0v) is 26.6. The zero-order valence-electron chi connectivity index (χ0n) is 26.6. The number of hydrogen-bond donors (Lipinski definition) is 2. The molecule has 10 nitrogen and oxygen atoms in total. The van der Waals surface area contributed by atoms with E-state index in [-0.39, 0.29) is 37.9 Å². The Morgan fingerprint density at radius 3 is 1.51 bits per heavy atom. The Morgan fingerprint density at radius 1 is 0.723 bits per heavy atom. The lowest BCUT2D eigenvalue weighted by Gasteiger charge is -2.28. The molecule has 0 saturated carbocycles. The Morgan fingerprint density at radius 2 is 1.15 bits per heavy atom. The second kappa shape index (κ2) is 16.5. The molecule has 4 rings (SSSR count). The van der Waals surface area contributed by atoms with E-state index < -0.39 is 29.6 Å². The molecule has 0 bridgehead atoms. The average Bonchev–Trinajstić information content (AvgIpc) is 3.81. The van der Waals surface area contributed by atoms with Gasteiger partial charge in [-0.15, -0.1) is 13.2 Å². The summed E-state index contributed by atoms with van der Waals surface area (Å²) in [4.78, 5) is 23.9. The van der Waals surface area contributed by atoms with Crippen LogP contribution < -0.4 is 9.47 Å². The van der Waals surface area contributed by atoms with Crippen LogP contribution in [0.15, 0.2) is 107 Å². The van der Waals surface area contributed by atoms with Gasteiger partial charge in [-0.2, -0.15) is 0 Å². The third-order valence-corrected chi connectivity index (χ3v) is 7.41. The molecule has 0 aliphatic heterocycles. The second-order valence-electron chi connectivity index (χ2n) is 11.3. The van der Waals surface area contributed by atoms with Crippen molar-refractivity contribution in [3.63, 3.8) is 0 Å². The van der Waals surface area contributed by atoms with Crippen LogP contribution in [-0.2, 0) is 27.7 Å². The molecule has 2 unspecified atom stereocenters. The molecule has 0 aliphatic carbocycles. The van der Waals surface area contributed by atoms with Gasteiger partial charge in [0.25, 0.3) is 0 Å². The summed E-state index contributed by atoms with van der Waals surface area (Å²) in [5.41, 5.74) is 3.40. The molecule has 10 heteroatoms. The summed E-state index contributed by atoms with van der Waals surface area (Å²) in [5.74, 6) is -0.0278. The van der Waals surface area contributed by atoms with Gasteiger partial charge in [-0.05, 0) is 71.5 Å². The molecule has 0 radical (unpaired) electrons. The van der Waals surface area contributed by atoms with Gasteiger partial charge in [-0.3, -0.25) is 0 Å². The maximum atomic E-state index is 12.0. The molecule has 47 heavy (non-hydrogen) atoms. The van der Waals surface area contributed by atoms with E-state index >= 15 is 0 Å². The molecule has 2 aromatic heterocycles. The molecule has 2 heterocycles. The highest BCUT2D eigenvalue weighted by Crippen LogP contribution is 2.36. The SMILES string of the molecule is C=CCc1cc(C(C)(C)c2ccc(OCC(O)COC(=O)c3ccco3)c(CC=C)c2)ccc1OCC(O)COC(=O)c1ccco1. The standard InChI is InChI=1S/C37H40O10/c1-5-9-25-19-27(13-15-31(25)44-21-29(38)23-46-35(40)33-11-7-17-42-33)37(3,4)28-14-16-32(26(20-28)10-6-2)45-22-30(39)24-47-36(41)34-12-8-18-43-34/h5-8,11-20,29-30,38-39H,1-2,9-10,21-24H2,3-4H3. The molecule has 2 N–H and O–H groups in total. The van der Waals surface area contributed by atoms with Gasteiger partial charge in [-0.1, -0.05) is 50.3 Å². The molecule has 2 aromatic carbocycles. The maximum Gasteiger partial charge on any atom is 0.374 e. The molecule has 0 amide bonds. The minimum atomic E-state index is -1.04. The smallest absolute Gasteiger partial charge is 0.374 e. The minimum absolute atomic E-state index is 0.0592. The van der Waals surface area contributed by atoms with Gasteiger partial charge in [0.2, 0.25) is 11.5 Å². The molecule has 0 fully saturated rings. The van der Waals surface area contributed by atoms with E-state index in [4.69, 9.17) is 27.8 Å². The van der Waals surface area contributed by atoms with E-state index in [2.05, 4.69) is 39.1 Å². The molecule has 0 aliphatic rings. The van der Waals surface area contributed by atoms with Crippen LogP contribution in [0, 0.1) is 0 Å². The predicted molar refractivity (Wildman–Crippen MR) is 174 cm³/mol. The highest BCUT2D eigenvalue weighted by atomic mass is 16.6. The maximum absolute atomic E-state index is 12.0. The zero-order chi connectivity index (χ0) is 33.8. The lowest BCUT2D eigenvalue weighted by Crippen LogP contribution is -2.26. The lowest BCUT2D eigenvalue weighted by molar-refractivity contribution is 0.0102. The number of benzene rings is 2. The molecular weight excluding hydrogens is 604 g/mol. The first-order valence-electron chi connectivity index (χ1n) is 15.1. The fourth-order valence-electron chi connectivity index (χ4n) is 4.76. The molecule has 2 atom stereocenters. The van der Waals surface area contributed by atoms with Gasteiger partial charge < -0.3 is 38.0 Å². The predicted octanol–water partition coefficient (Wildman–Crippen LogP) is 5.85. The topological polar surface area (TPSA) is 138 Å². The third kappa shape index (κ3) is 9.48. The van der Waals surface area contributed by atoms with Crippen LogP contribution in [-0.4, -0.2) is 60.8 Å². The normalized spacial score (nSPS) is 12.5.